The van der Waals surface area contributed by atoms with Gasteiger partial charge >= 0.3 is 5.97 Å². The van der Waals surface area contributed by atoms with E-state index in [9.17, 15) is 18.0 Å². The minimum atomic E-state index is -1.43. The van der Waals surface area contributed by atoms with Gasteiger partial charge in [0.25, 0.3) is 0 Å². The Labute approximate surface area is 134 Å². The van der Waals surface area contributed by atoms with Gasteiger partial charge in [-0.15, -0.1) is 0 Å². The first-order valence-corrected chi connectivity index (χ1v) is 7.09. The van der Waals surface area contributed by atoms with Crippen LogP contribution in [0.2, 0.25) is 0 Å². The second-order valence-electron chi connectivity index (χ2n) is 5.20. The van der Waals surface area contributed by atoms with Gasteiger partial charge in [0.15, 0.2) is 0 Å². The number of aromatic carboxylic acids is 1. The lowest BCUT2D eigenvalue weighted by atomic mass is 10.1. The molecule has 1 saturated heterocycles. The summed E-state index contributed by atoms with van der Waals surface area (Å²) in [5.74, 6) is -4.72. The Balaban J connectivity index is 1.99. The van der Waals surface area contributed by atoms with Crippen LogP contribution in [-0.2, 0) is 4.74 Å². The van der Waals surface area contributed by atoms with E-state index in [0.29, 0.717) is 19.6 Å². The molecule has 1 aromatic carbocycles. The second-order valence-corrected chi connectivity index (χ2v) is 5.20. The van der Waals surface area contributed by atoms with Gasteiger partial charge < -0.3 is 14.6 Å². The second kappa shape index (κ2) is 6.48. The van der Waals surface area contributed by atoms with E-state index in [-0.39, 0.29) is 11.9 Å². The first-order valence-electron chi connectivity index (χ1n) is 7.09. The van der Waals surface area contributed by atoms with E-state index in [0.717, 1.165) is 24.3 Å². The van der Waals surface area contributed by atoms with Crippen LogP contribution in [0.3, 0.4) is 0 Å². The van der Waals surface area contributed by atoms with Gasteiger partial charge in [0.1, 0.15) is 40.7 Å². The van der Waals surface area contributed by atoms with Gasteiger partial charge in [-0.1, -0.05) is 0 Å². The fraction of sp³-hybridized carbons (Fsp3) is 0.250. The van der Waals surface area contributed by atoms with Crippen LogP contribution in [0.1, 0.15) is 16.9 Å². The molecule has 8 heteroatoms. The van der Waals surface area contributed by atoms with Crippen LogP contribution in [0.4, 0.5) is 13.2 Å². The molecular weight excluding hydrogens is 327 g/mol. The van der Waals surface area contributed by atoms with Gasteiger partial charge in [0, 0.05) is 18.6 Å². The third-order valence-electron chi connectivity index (χ3n) is 3.51. The molecule has 1 aliphatic heterocycles. The third-order valence-corrected chi connectivity index (χ3v) is 3.51. The highest BCUT2D eigenvalue weighted by atomic mass is 19.1. The summed E-state index contributed by atoms with van der Waals surface area (Å²) < 4.78 is 52.9. The quantitative estimate of drug-likeness (QED) is 0.927. The molecule has 5 nitrogen and oxygen atoms in total. The Bertz CT molecular complexity index is 768. The van der Waals surface area contributed by atoms with Gasteiger partial charge in [-0.25, -0.2) is 22.9 Å². The van der Waals surface area contributed by atoms with Crippen molar-refractivity contribution in [2.45, 2.75) is 12.5 Å². The molecule has 1 fully saturated rings. The van der Waals surface area contributed by atoms with E-state index in [4.69, 9.17) is 14.6 Å². The maximum absolute atomic E-state index is 14.3. The zero-order valence-electron chi connectivity index (χ0n) is 12.3. The monoisotopic (exact) mass is 339 g/mol. The first-order chi connectivity index (χ1) is 11.5. The fourth-order valence-electron chi connectivity index (χ4n) is 2.38. The van der Waals surface area contributed by atoms with Gasteiger partial charge in [-0.2, -0.15) is 0 Å². The molecule has 1 N–H and O–H groups in total. The minimum absolute atomic E-state index is 0.0564. The Kier molecular flexibility index (Phi) is 4.39. The number of carboxylic acids is 1. The number of nitrogens with zero attached hydrogens (tertiary/aromatic N) is 1. The highest BCUT2D eigenvalue weighted by Gasteiger charge is 2.23. The molecule has 1 atom stereocenters. The lowest BCUT2D eigenvalue weighted by molar-refractivity contribution is 0.0690. The van der Waals surface area contributed by atoms with Crippen LogP contribution >= 0.6 is 0 Å². The van der Waals surface area contributed by atoms with Crippen molar-refractivity contribution in [3.8, 4) is 17.0 Å². The van der Waals surface area contributed by atoms with E-state index in [2.05, 4.69) is 4.98 Å². The molecule has 1 aliphatic rings. The SMILES string of the molecule is O=C(O)c1ccc(F)c(-c2c(F)cc(OC3CCOC3)cc2F)n1. The van der Waals surface area contributed by atoms with Crippen LogP contribution in [0.5, 0.6) is 5.75 Å². The molecule has 3 rings (SSSR count). The number of benzene rings is 1. The summed E-state index contributed by atoms with van der Waals surface area (Å²) in [6.07, 6.45) is 0.293. The van der Waals surface area contributed by atoms with Crippen molar-refractivity contribution in [3.63, 3.8) is 0 Å². The summed E-state index contributed by atoms with van der Waals surface area (Å²) in [5.41, 5.74) is -1.97. The van der Waals surface area contributed by atoms with Crippen molar-refractivity contribution in [1.29, 1.82) is 0 Å². The average molecular weight is 339 g/mol. The lowest BCUT2D eigenvalue weighted by Crippen LogP contribution is -2.16. The largest absolute Gasteiger partial charge is 0.488 e. The molecule has 2 heterocycles. The standard InChI is InChI=1S/C16H12F3NO4/c17-10-1-2-13(16(21)22)20-15(10)14-11(18)5-9(6-12(14)19)24-8-3-4-23-7-8/h1-2,5-6,8H,3-4,7H2,(H,21,22). The van der Waals surface area contributed by atoms with Crippen LogP contribution < -0.4 is 4.74 Å². The number of carbonyl (C=O) groups is 1. The van der Waals surface area contributed by atoms with Crippen LogP contribution in [0.15, 0.2) is 24.3 Å². The number of hydrogen-bond donors (Lipinski definition) is 1. The molecule has 24 heavy (non-hydrogen) atoms. The summed E-state index contributed by atoms with van der Waals surface area (Å²) in [4.78, 5) is 14.4. The summed E-state index contributed by atoms with van der Waals surface area (Å²) >= 11 is 0. The Morgan fingerprint density at radius 2 is 1.92 bits per heavy atom. The molecule has 0 bridgehead atoms. The number of halogens is 3. The molecule has 0 aliphatic carbocycles. The number of hydrogen-bond acceptors (Lipinski definition) is 4. The Morgan fingerprint density at radius 3 is 2.50 bits per heavy atom. The maximum Gasteiger partial charge on any atom is 0.354 e. The van der Waals surface area contributed by atoms with E-state index in [1.165, 1.54) is 0 Å². The predicted molar refractivity (Wildman–Crippen MR) is 76.4 cm³/mol. The minimum Gasteiger partial charge on any atom is -0.488 e. The van der Waals surface area contributed by atoms with Gasteiger partial charge in [-0.3, -0.25) is 0 Å². The molecule has 0 saturated carbocycles. The maximum atomic E-state index is 14.3. The van der Waals surface area contributed by atoms with E-state index < -0.39 is 40.4 Å². The van der Waals surface area contributed by atoms with Crippen molar-refractivity contribution >= 4 is 5.97 Å². The molecule has 1 aromatic heterocycles. The third kappa shape index (κ3) is 3.18. The Hall–Kier alpha value is -2.61. The topological polar surface area (TPSA) is 68.7 Å². The highest BCUT2D eigenvalue weighted by molar-refractivity contribution is 5.86. The number of aromatic nitrogens is 1. The van der Waals surface area contributed by atoms with Gasteiger partial charge in [-0.05, 0) is 12.1 Å². The van der Waals surface area contributed by atoms with Crippen LogP contribution in [0, 0.1) is 17.5 Å². The van der Waals surface area contributed by atoms with Crippen LogP contribution in [-0.4, -0.2) is 35.4 Å². The zero-order chi connectivity index (χ0) is 17.3. The van der Waals surface area contributed by atoms with Crippen molar-refractivity contribution in [2.24, 2.45) is 0 Å². The fourth-order valence-corrected chi connectivity index (χ4v) is 2.38. The van der Waals surface area contributed by atoms with Crippen molar-refractivity contribution in [2.75, 3.05) is 13.2 Å². The van der Waals surface area contributed by atoms with Crippen molar-refractivity contribution < 1.29 is 32.5 Å². The highest BCUT2D eigenvalue weighted by Crippen LogP contribution is 2.31. The van der Waals surface area contributed by atoms with E-state index in [1.807, 2.05) is 0 Å². The van der Waals surface area contributed by atoms with Gasteiger partial charge in [0.2, 0.25) is 0 Å². The Morgan fingerprint density at radius 1 is 1.21 bits per heavy atom. The number of pyridine rings is 1. The average Bonchev–Trinajstić information content (AvgIpc) is 3.01. The number of ether oxygens (including phenoxy) is 2. The summed E-state index contributed by atoms with van der Waals surface area (Å²) in [7, 11) is 0. The molecular formula is C16H12F3NO4. The zero-order valence-corrected chi connectivity index (χ0v) is 12.3. The summed E-state index contributed by atoms with van der Waals surface area (Å²) in [5, 5.41) is 8.88. The smallest absolute Gasteiger partial charge is 0.354 e. The molecule has 2 aromatic rings. The molecule has 0 radical (unpaired) electrons. The molecule has 126 valence electrons. The predicted octanol–water partition coefficient (Wildman–Crippen LogP) is 3.03. The van der Waals surface area contributed by atoms with Crippen LogP contribution in [0.25, 0.3) is 11.3 Å². The molecule has 1 unspecified atom stereocenters. The summed E-state index contributed by atoms with van der Waals surface area (Å²) in [6.45, 7) is 0.826. The first kappa shape index (κ1) is 16.3. The number of carboxylic acid groups (broad SMARTS) is 1. The number of rotatable bonds is 4. The van der Waals surface area contributed by atoms with Gasteiger partial charge in [0.05, 0.1) is 18.8 Å². The molecule has 0 amide bonds. The normalized spacial score (nSPS) is 17.0. The lowest BCUT2D eigenvalue weighted by Gasteiger charge is -2.14. The van der Waals surface area contributed by atoms with E-state index >= 15 is 0 Å². The molecule has 0 spiro atoms. The van der Waals surface area contributed by atoms with Crippen molar-refractivity contribution in [1.82, 2.24) is 4.98 Å². The van der Waals surface area contributed by atoms with E-state index in [1.54, 1.807) is 0 Å². The summed E-state index contributed by atoms with van der Waals surface area (Å²) in [6, 6.07) is 3.52. The van der Waals surface area contributed by atoms with Crippen molar-refractivity contribution in [3.05, 3.63) is 47.4 Å².